The molecule has 1 heterocycles. The van der Waals surface area contributed by atoms with Crippen LogP contribution in [-0.4, -0.2) is 16.5 Å². The first-order valence-electron chi connectivity index (χ1n) is 6.43. The summed E-state index contributed by atoms with van der Waals surface area (Å²) in [5.41, 5.74) is 0.860. The summed E-state index contributed by atoms with van der Waals surface area (Å²) in [5, 5.41) is 16.8. The molecule has 0 spiro atoms. The van der Waals surface area contributed by atoms with Gasteiger partial charge in [-0.2, -0.15) is 0 Å². The van der Waals surface area contributed by atoms with E-state index < -0.39 is 4.92 Å². The van der Waals surface area contributed by atoms with Crippen molar-refractivity contribution in [3.8, 4) is 0 Å². The van der Waals surface area contributed by atoms with Crippen LogP contribution in [0.3, 0.4) is 0 Å². The quantitative estimate of drug-likeness (QED) is 0.649. The maximum Gasteiger partial charge on any atom is 0.276 e. The lowest BCUT2D eigenvalue weighted by atomic mass is 10.2. The Morgan fingerprint density at radius 1 is 1.33 bits per heavy atom. The molecule has 1 aromatic heterocycles. The van der Waals surface area contributed by atoms with Crippen LogP contribution in [0.4, 0.5) is 27.4 Å². The molecule has 21 heavy (non-hydrogen) atoms. The van der Waals surface area contributed by atoms with E-state index in [1.54, 1.807) is 19.1 Å². The van der Waals surface area contributed by atoms with Crippen molar-refractivity contribution in [1.82, 2.24) is 4.98 Å². The van der Waals surface area contributed by atoms with Crippen molar-refractivity contribution < 1.29 is 9.31 Å². The van der Waals surface area contributed by atoms with Crippen LogP contribution in [0.5, 0.6) is 0 Å². The zero-order valence-electron chi connectivity index (χ0n) is 11.7. The van der Waals surface area contributed by atoms with E-state index in [4.69, 9.17) is 0 Å². The summed E-state index contributed by atoms with van der Waals surface area (Å²) in [6.07, 6.45) is 0. The van der Waals surface area contributed by atoms with Crippen LogP contribution in [0, 0.1) is 22.9 Å². The molecule has 2 aromatic rings. The molecule has 0 amide bonds. The summed E-state index contributed by atoms with van der Waals surface area (Å²) in [6.45, 7) is 4.08. The number of anilines is 3. The summed E-state index contributed by atoms with van der Waals surface area (Å²) in [6, 6.07) is 7.27. The Morgan fingerprint density at radius 3 is 2.71 bits per heavy atom. The van der Waals surface area contributed by atoms with Crippen LogP contribution in [0.15, 0.2) is 30.3 Å². The highest BCUT2D eigenvalue weighted by Gasteiger charge is 2.12. The number of halogens is 1. The fraction of sp³-hybridized carbons (Fsp3) is 0.214. The van der Waals surface area contributed by atoms with Crippen LogP contribution in [0.25, 0.3) is 0 Å². The maximum absolute atomic E-state index is 13.5. The second kappa shape index (κ2) is 6.17. The van der Waals surface area contributed by atoms with Gasteiger partial charge in [-0.25, -0.2) is 9.37 Å². The largest absolute Gasteiger partial charge is 0.370 e. The number of benzene rings is 1. The predicted octanol–water partition coefficient (Wildman–Crippen LogP) is 3.61. The fourth-order valence-corrected chi connectivity index (χ4v) is 1.84. The first kappa shape index (κ1) is 14.7. The third-order valence-electron chi connectivity index (χ3n) is 2.91. The number of hydrogen-bond donors (Lipinski definition) is 2. The maximum atomic E-state index is 13.5. The van der Waals surface area contributed by atoms with Crippen molar-refractivity contribution in [2.24, 2.45) is 0 Å². The molecule has 0 atom stereocenters. The molecule has 7 heteroatoms. The normalized spacial score (nSPS) is 10.2. The van der Waals surface area contributed by atoms with Crippen LogP contribution in [-0.2, 0) is 0 Å². The molecular formula is C14H15FN4O2. The molecule has 6 nitrogen and oxygen atoms in total. The van der Waals surface area contributed by atoms with Gasteiger partial charge in [-0.1, -0.05) is 6.07 Å². The zero-order chi connectivity index (χ0) is 15.4. The number of nitro groups is 1. The first-order valence-corrected chi connectivity index (χ1v) is 6.43. The van der Waals surface area contributed by atoms with Crippen LogP contribution < -0.4 is 10.6 Å². The van der Waals surface area contributed by atoms with Gasteiger partial charge < -0.3 is 10.6 Å². The lowest BCUT2D eigenvalue weighted by Gasteiger charge is -2.11. The van der Waals surface area contributed by atoms with Crippen LogP contribution in [0.2, 0.25) is 0 Å². The molecule has 0 aliphatic rings. The van der Waals surface area contributed by atoms with E-state index in [0.29, 0.717) is 23.6 Å². The monoisotopic (exact) mass is 290 g/mol. The number of aromatic nitrogens is 1. The Bertz CT molecular complexity index is 676. The van der Waals surface area contributed by atoms with Gasteiger partial charge in [0.2, 0.25) is 0 Å². The van der Waals surface area contributed by atoms with Gasteiger partial charge in [0.25, 0.3) is 5.69 Å². The van der Waals surface area contributed by atoms with Gasteiger partial charge in [-0.3, -0.25) is 10.1 Å². The van der Waals surface area contributed by atoms with Crippen molar-refractivity contribution in [3.63, 3.8) is 0 Å². The van der Waals surface area contributed by atoms with Crippen molar-refractivity contribution in [2.75, 3.05) is 17.2 Å². The fourth-order valence-electron chi connectivity index (χ4n) is 1.84. The Labute approximate surface area is 121 Å². The molecule has 0 unspecified atom stereocenters. The van der Waals surface area contributed by atoms with E-state index in [9.17, 15) is 14.5 Å². The number of nitrogens with zero attached hydrogens (tertiary/aromatic N) is 2. The summed E-state index contributed by atoms with van der Waals surface area (Å²) in [5.74, 6) is 0.328. The van der Waals surface area contributed by atoms with E-state index in [0.717, 1.165) is 0 Å². The van der Waals surface area contributed by atoms with Gasteiger partial charge in [0, 0.05) is 17.8 Å². The van der Waals surface area contributed by atoms with E-state index in [-0.39, 0.29) is 17.3 Å². The van der Waals surface area contributed by atoms with Crippen molar-refractivity contribution in [2.45, 2.75) is 13.8 Å². The Balaban J connectivity index is 2.38. The average Bonchev–Trinajstić information content (AvgIpc) is 2.44. The molecule has 0 bridgehead atoms. The van der Waals surface area contributed by atoms with E-state index in [1.807, 2.05) is 6.92 Å². The summed E-state index contributed by atoms with van der Waals surface area (Å²) < 4.78 is 13.5. The molecule has 2 N–H and O–H groups in total. The number of rotatable bonds is 5. The van der Waals surface area contributed by atoms with Gasteiger partial charge in [0.15, 0.2) is 0 Å². The highest BCUT2D eigenvalue weighted by atomic mass is 19.1. The zero-order valence-corrected chi connectivity index (χ0v) is 11.7. The molecule has 0 radical (unpaired) electrons. The Hall–Kier alpha value is -2.70. The standard InChI is InChI=1S/C14H15FN4O2/c1-3-16-13-7-10(19(20)21)8-14(18-13)17-12-6-4-5-11(15)9(12)2/h4-8H,3H2,1-2H3,(H2,16,17,18). The minimum absolute atomic E-state index is 0.0856. The SMILES string of the molecule is CCNc1cc([N+](=O)[O-])cc(Nc2cccc(F)c2C)n1. The molecule has 110 valence electrons. The smallest absolute Gasteiger partial charge is 0.276 e. The van der Waals surface area contributed by atoms with Crippen molar-refractivity contribution in [1.29, 1.82) is 0 Å². The van der Waals surface area contributed by atoms with Gasteiger partial charge >= 0.3 is 0 Å². The van der Waals surface area contributed by atoms with Crippen LogP contribution in [0.1, 0.15) is 12.5 Å². The molecule has 0 aliphatic heterocycles. The average molecular weight is 290 g/mol. The van der Waals surface area contributed by atoms with Gasteiger partial charge in [-0.05, 0) is 26.0 Å². The van der Waals surface area contributed by atoms with Gasteiger partial charge in [0.1, 0.15) is 17.5 Å². The molecular weight excluding hydrogens is 275 g/mol. The van der Waals surface area contributed by atoms with Crippen molar-refractivity contribution in [3.05, 3.63) is 51.8 Å². The topological polar surface area (TPSA) is 80.1 Å². The highest BCUT2D eigenvalue weighted by Crippen LogP contribution is 2.25. The second-order valence-corrected chi connectivity index (χ2v) is 4.42. The minimum atomic E-state index is -0.494. The molecule has 0 saturated heterocycles. The second-order valence-electron chi connectivity index (χ2n) is 4.42. The number of nitrogens with one attached hydrogen (secondary N) is 2. The Morgan fingerprint density at radius 2 is 2.05 bits per heavy atom. The minimum Gasteiger partial charge on any atom is -0.370 e. The Kier molecular flexibility index (Phi) is 4.32. The highest BCUT2D eigenvalue weighted by molar-refractivity contribution is 5.64. The summed E-state index contributed by atoms with van der Waals surface area (Å²) in [4.78, 5) is 14.7. The van der Waals surface area contributed by atoms with Crippen molar-refractivity contribution >= 4 is 23.0 Å². The third-order valence-corrected chi connectivity index (χ3v) is 2.91. The van der Waals surface area contributed by atoms with Crippen LogP contribution >= 0.6 is 0 Å². The summed E-state index contributed by atoms with van der Waals surface area (Å²) >= 11 is 0. The molecule has 0 saturated carbocycles. The van der Waals surface area contributed by atoms with Gasteiger partial charge in [0.05, 0.1) is 17.1 Å². The van der Waals surface area contributed by atoms with E-state index >= 15 is 0 Å². The molecule has 1 aromatic carbocycles. The third kappa shape index (κ3) is 3.44. The number of pyridine rings is 1. The lowest BCUT2D eigenvalue weighted by Crippen LogP contribution is -2.04. The summed E-state index contributed by atoms with van der Waals surface area (Å²) in [7, 11) is 0. The molecule has 0 fully saturated rings. The lowest BCUT2D eigenvalue weighted by molar-refractivity contribution is -0.384. The van der Waals surface area contributed by atoms with Gasteiger partial charge in [-0.15, -0.1) is 0 Å². The predicted molar refractivity (Wildman–Crippen MR) is 79.5 cm³/mol. The first-order chi connectivity index (χ1) is 10.0. The van der Waals surface area contributed by atoms with E-state index in [1.165, 1.54) is 18.2 Å². The number of hydrogen-bond acceptors (Lipinski definition) is 5. The molecule has 2 rings (SSSR count). The van der Waals surface area contributed by atoms with E-state index in [2.05, 4.69) is 15.6 Å². The molecule has 0 aliphatic carbocycles.